The molecule has 1 saturated carbocycles. The van der Waals surface area contributed by atoms with Crippen LogP contribution in [0, 0.1) is 6.92 Å². The Morgan fingerprint density at radius 3 is 2.39 bits per heavy atom. The number of nitrogens with zero attached hydrogens (tertiary/aromatic N) is 5. The summed E-state index contributed by atoms with van der Waals surface area (Å²) in [6, 6.07) is 6.76. The van der Waals surface area contributed by atoms with Crippen LogP contribution in [0.15, 0.2) is 41.7 Å². The molecular formula is C26H33N5O4S. The summed E-state index contributed by atoms with van der Waals surface area (Å²) in [5.74, 6) is 1.02. The summed E-state index contributed by atoms with van der Waals surface area (Å²) in [7, 11) is -3.82. The molecule has 0 radical (unpaired) electrons. The second-order valence-electron chi connectivity index (χ2n) is 10.8. The lowest BCUT2D eigenvalue weighted by Gasteiger charge is -2.40. The number of hydrogen-bond acceptors (Lipinski definition) is 7. The number of benzene rings is 1. The molecule has 1 aliphatic heterocycles. The lowest BCUT2D eigenvalue weighted by atomic mass is 10.1. The third-order valence-corrected chi connectivity index (χ3v) is 8.38. The Balaban J connectivity index is 1.52. The van der Waals surface area contributed by atoms with Crippen LogP contribution in [0.25, 0.3) is 11.0 Å². The van der Waals surface area contributed by atoms with Crippen LogP contribution in [-0.2, 0) is 14.8 Å². The molecule has 1 aliphatic carbocycles. The second kappa shape index (κ2) is 8.76. The van der Waals surface area contributed by atoms with E-state index in [1.165, 1.54) is 10.3 Å². The zero-order valence-corrected chi connectivity index (χ0v) is 22.2. The monoisotopic (exact) mass is 511 g/mol. The van der Waals surface area contributed by atoms with E-state index in [9.17, 15) is 13.2 Å². The van der Waals surface area contributed by atoms with Crippen LogP contribution >= 0.6 is 0 Å². The van der Waals surface area contributed by atoms with E-state index < -0.39 is 15.6 Å². The molecule has 1 unspecified atom stereocenters. The molecule has 192 valence electrons. The zero-order valence-electron chi connectivity index (χ0n) is 21.4. The third kappa shape index (κ3) is 4.54. The first-order valence-corrected chi connectivity index (χ1v) is 13.8. The molecule has 0 N–H and O–H groups in total. The van der Waals surface area contributed by atoms with Gasteiger partial charge < -0.3 is 14.5 Å². The maximum Gasteiger partial charge on any atom is 0.410 e. The number of carbonyl (C=O) groups is 1. The van der Waals surface area contributed by atoms with Gasteiger partial charge in [-0.3, -0.25) is 0 Å². The van der Waals surface area contributed by atoms with Gasteiger partial charge in [-0.1, -0.05) is 17.7 Å². The SMILES string of the molecule is Cc1ccc(S(=O)(=O)n2cc(C3CC3)c3c(N4CCN(C(=O)OC(C)(C)C)C(C)C4)ncnc32)cc1. The van der Waals surface area contributed by atoms with E-state index >= 15 is 0 Å². The lowest BCUT2D eigenvalue weighted by Crippen LogP contribution is -2.55. The van der Waals surface area contributed by atoms with E-state index in [2.05, 4.69) is 14.9 Å². The van der Waals surface area contributed by atoms with Gasteiger partial charge >= 0.3 is 6.09 Å². The number of fused-ring (bicyclic) bond motifs is 1. The van der Waals surface area contributed by atoms with Crippen LogP contribution in [0.3, 0.4) is 0 Å². The lowest BCUT2D eigenvalue weighted by molar-refractivity contribution is 0.0158. The fourth-order valence-electron chi connectivity index (χ4n) is 4.74. The van der Waals surface area contributed by atoms with Crippen molar-refractivity contribution >= 4 is 33.0 Å². The topological polar surface area (TPSA) is 97.6 Å². The normalized spacial score (nSPS) is 19.1. The number of aryl methyl sites for hydroxylation is 1. The molecule has 1 aromatic carbocycles. The smallest absolute Gasteiger partial charge is 0.410 e. The number of hydrogen-bond donors (Lipinski definition) is 0. The minimum absolute atomic E-state index is 0.0960. The number of amides is 1. The molecule has 2 aromatic heterocycles. The molecule has 9 nitrogen and oxygen atoms in total. The maximum atomic E-state index is 13.6. The number of ether oxygens (including phenoxy) is 1. The van der Waals surface area contributed by atoms with Crippen LogP contribution in [0.1, 0.15) is 57.6 Å². The van der Waals surface area contributed by atoms with Crippen molar-refractivity contribution in [3.8, 4) is 0 Å². The predicted molar refractivity (Wildman–Crippen MR) is 138 cm³/mol. The summed E-state index contributed by atoms with van der Waals surface area (Å²) in [5.41, 5.74) is 1.80. The van der Waals surface area contributed by atoms with Gasteiger partial charge in [0.25, 0.3) is 10.0 Å². The highest BCUT2D eigenvalue weighted by molar-refractivity contribution is 7.90. The van der Waals surface area contributed by atoms with E-state index in [1.807, 2.05) is 34.6 Å². The Morgan fingerprint density at radius 1 is 1.08 bits per heavy atom. The largest absolute Gasteiger partial charge is 0.444 e. The van der Waals surface area contributed by atoms with Crippen molar-refractivity contribution in [1.29, 1.82) is 0 Å². The van der Waals surface area contributed by atoms with Crippen molar-refractivity contribution in [2.24, 2.45) is 0 Å². The number of aromatic nitrogens is 3. The standard InChI is InChI=1S/C26H33N5O4S/c1-17-6-10-20(11-7-17)36(33,34)31-15-21(19-8-9-19)22-23(27-16-28-24(22)31)29-12-13-30(18(2)14-29)25(32)35-26(3,4)5/h6-7,10-11,15-16,18-19H,8-9,12-14H2,1-5H3. The van der Waals surface area contributed by atoms with Crippen LogP contribution in [0.4, 0.5) is 10.6 Å². The Labute approximate surface area is 212 Å². The number of piperazine rings is 1. The Kier molecular flexibility index (Phi) is 5.97. The molecule has 2 fully saturated rings. The van der Waals surface area contributed by atoms with Crippen LogP contribution in [0.5, 0.6) is 0 Å². The molecule has 1 atom stereocenters. The van der Waals surface area contributed by atoms with Gasteiger partial charge in [0, 0.05) is 31.9 Å². The Bertz CT molecular complexity index is 1400. The maximum absolute atomic E-state index is 13.6. The quantitative estimate of drug-likeness (QED) is 0.515. The van der Waals surface area contributed by atoms with Crippen LogP contribution in [0.2, 0.25) is 0 Å². The van der Waals surface area contributed by atoms with Gasteiger partial charge in [-0.15, -0.1) is 0 Å². The summed E-state index contributed by atoms with van der Waals surface area (Å²) in [5, 5.41) is 0.786. The molecule has 3 aromatic rings. The van der Waals surface area contributed by atoms with Crippen molar-refractivity contribution in [1.82, 2.24) is 18.8 Å². The van der Waals surface area contributed by atoms with E-state index in [1.54, 1.807) is 35.4 Å². The summed E-state index contributed by atoms with van der Waals surface area (Å²) in [6.45, 7) is 11.1. The molecule has 5 rings (SSSR count). The average Bonchev–Trinajstić information content (AvgIpc) is 3.57. The van der Waals surface area contributed by atoms with E-state index in [4.69, 9.17) is 4.74 Å². The fourth-order valence-corrected chi connectivity index (χ4v) is 6.06. The third-order valence-electron chi connectivity index (χ3n) is 6.71. The molecule has 3 heterocycles. The highest BCUT2D eigenvalue weighted by Gasteiger charge is 2.36. The fraction of sp³-hybridized carbons (Fsp3) is 0.500. The molecule has 0 spiro atoms. The van der Waals surface area contributed by atoms with Gasteiger partial charge in [0.1, 0.15) is 17.7 Å². The van der Waals surface area contributed by atoms with Gasteiger partial charge in [-0.2, -0.15) is 0 Å². The Hall–Kier alpha value is -3.14. The van der Waals surface area contributed by atoms with Crippen LogP contribution in [-0.4, -0.2) is 64.6 Å². The van der Waals surface area contributed by atoms with Gasteiger partial charge in [0.05, 0.1) is 10.3 Å². The zero-order chi connectivity index (χ0) is 25.8. The second-order valence-corrected chi connectivity index (χ2v) is 12.7. The van der Waals surface area contributed by atoms with E-state index in [-0.39, 0.29) is 17.0 Å². The molecule has 0 bridgehead atoms. The Morgan fingerprint density at radius 2 is 1.78 bits per heavy atom. The molecule has 1 saturated heterocycles. The minimum Gasteiger partial charge on any atom is -0.444 e. The highest BCUT2D eigenvalue weighted by atomic mass is 32.2. The number of anilines is 1. The summed E-state index contributed by atoms with van der Waals surface area (Å²) in [6.07, 6.45) is 4.87. The van der Waals surface area contributed by atoms with Crippen molar-refractivity contribution in [2.75, 3.05) is 24.5 Å². The number of rotatable bonds is 4. The summed E-state index contributed by atoms with van der Waals surface area (Å²) < 4.78 is 34.1. The first kappa shape index (κ1) is 24.5. The van der Waals surface area contributed by atoms with E-state index in [0.717, 1.165) is 35.2 Å². The number of carbonyl (C=O) groups excluding carboxylic acids is 1. The van der Waals surface area contributed by atoms with Crippen molar-refractivity contribution in [3.05, 3.63) is 47.9 Å². The summed E-state index contributed by atoms with van der Waals surface area (Å²) in [4.78, 5) is 25.9. The highest BCUT2D eigenvalue weighted by Crippen LogP contribution is 2.46. The first-order chi connectivity index (χ1) is 17.0. The minimum atomic E-state index is -3.82. The van der Waals surface area contributed by atoms with Crippen LogP contribution < -0.4 is 4.90 Å². The predicted octanol–water partition coefficient (Wildman–Crippen LogP) is 4.30. The molecule has 36 heavy (non-hydrogen) atoms. The summed E-state index contributed by atoms with van der Waals surface area (Å²) >= 11 is 0. The van der Waals surface area contributed by atoms with Gasteiger partial charge in [0.2, 0.25) is 0 Å². The molecule has 2 aliphatic rings. The first-order valence-electron chi connectivity index (χ1n) is 12.4. The van der Waals surface area contributed by atoms with Gasteiger partial charge in [-0.25, -0.2) is 27.2 Å². The van der Waals surface area contributed by atoms with Crippen molar-refractivity contribution in [3.63, 3.8) is 0 Å². The molecular weight excluding hydrogens is 478 g/mol. The molecule has 1 amide bonds. The van der Waals surface area contributed by atoms with Crippen molar-refractivity contribution < 1.29 is 17.9 Å². The van der Waals surface area contributed by atoms with Gasteiger partial charge in [-0.05, 0) is 71.1 Å². The molecule has 10 heteroatoms. The van der Waals surface area contributed by atoms with E-state index in [0.29, 0.717) is 31.2 Å². The average molecular weight is 512 g/mol. The van der Waals surface area contributed by atoms with Crippen molar-refractivity contribution in [2.45, 2.75) is 69.9 Å². The van der Waals surface area contributed by atoms with Gasteiger partial charge in [0.15, 0.2) is 5.65 Å².